The van der Waals surface area contributed by atoms with Crippen LogP contribution in [0.25, 0.3) is 0 Å². The molecule has 4 heteroatoms. The van der Waals surface area contributed by atoms with Crippen molar-refractivity contribution in [2.75, 3.05) is 5.75 Å². The van der Waals surface area contributed by atoms with Gasteiger partial charge < -0.3 is 0 Å². The topological polar surface area (TPSA) is 34.9 Å². The molecule has 3 nitrogen and oxygen atoms in total. The second-order valence-corrected chi connectivity index (χ2v) is 4.71. The van der Waals surface area contributed by atoms with Crippen LogP contribution in [0.2, 0.25) is 0 Å². The van der Waals surface area contributed by atoms with Gasteiger partial charge in [0.2, 0.25) is 0 Å². The van der Waals surface area contributed by atoms with Crippen LogP contribution in [0.5, 0.6) is 0 Å². The van der Waals surface area contributed by atoms with Gasteiger partial charge in [-0.1, -0.05) is 13.8 Å². The van der Waals surface area contributed by atoms with Crippen LogP contribution in [0.4, 0.5) is 0 Å². The molecule has 0 spiro atoms. The number of nitrogens with zero attached hydrogens (tertiary/aromatic N) is 2. The average molecular weight is 240 g/mol. The Labute approximate surface area is 102 Å². The summed E-state index contributed by atoms with van der Waals surface area (Å²) in [5.74, 6) is 0.780. The van der Waals surface area contributed by atoms with Gasteiger partial charge in [0.05, 0.1) is 12.7 Å². The van der Waals surface area contributed by atoms with E-state index >= 15 is 0 Å². The molecule has 0 amide bonds. The van der Waals surface area contributed by atoms with Crippen LogP contribution < -0.4 is 5.56 Å². The van der Waals surface area contributed by atoms with Crippen molar-refractivity contribution in [3.63, 3.8) is 0 Å². The largest absolute Gasteiger partial charge is 0.268 e. The van der Waals surface area contributed by atoms with E-state index in [9.17, 15) is 4.79 Å². The molecule has 0 N–H and O–H groups in total. The van der Waals surface area contributed by atoms with Gasteiger partial charge in [0.25, 0.3) is 5.56 Å². The molecule has 0 aliphatic heterocycles. The lowest BCUT2D eigenvalue weighted by Gasteiger charge is -2.29. The normalized spacial score (nSPS) is 11.8. The van der Waals surface area contributed by atoms with Gasteiger partial charge in [-0.15, -0.1) is 0 Å². The zero-order valence-electron chi connectivity index (χ0n) is 10.2. The van der Waals surface area contributed by atoms with E-state index in [4.69, 9.17) is 0 Å². The predicted molar refractivity (Wildman–Crippen MR) is 70.1 cm³/mol. The molecule has 0 unspecified atom stereocenters. The fraction of sp³-hybridized carbons (Fsp3) is 0.667. The van der Waals surface area contributed by atoms with Crippen LogP contribution in [-0.2, 0) is 6.54 Å². The molecular formula is C12H20N2OS. The third-order valence-corrected chi connectivity index (χ3v) is 4.00. The van der Waals surface area contributed by atoms with Crippen LogP contribution >= 0.6 is 12.6 Å². The third-order valence-electron chi connectivity index (χ3n) is 3.33. The Hall–Kier alpha value is -0.770. The van der Waals surface area contributed by atoms with Crippen molar-refractivity contribution < 1.29 is 0 Å². The summed E-state index contributed by atoms with van der Waals surface area (Å²) >= 11 is 4.40. The van der Waals surface area contributed by atoms with Crippen molar-refractivity contribution in [2.45, 2.75) is 40.2 Å². The molecule has 0 saturated carbocycles. The molecule has 16 heavy (non-hydrogen) atoms. The Morgan fingerprint density at radius 2 is 2.06 bits per heavy atom. The van der Waals surface area contributed by atoms with E-state index in [1.165, 1.54) is 0 Å². The summed E-state index contributed by atoms with van der Waals surface area (Å²) in [4.78, 5) is 11.7. The predicted octanol–water partition coefficient (Wildman–Crippen LogP) is 2.29. The molecule has 1 aromatic rings. The fourth-order valence-electron chi connectivity index (χ4n) is 1.71. The Bertz CT molecular complexity index is 388. The van der Waals surface area contributed by atoms with Gasteiger partial charge in [-0.25, -0.2) is 4.68 Å². The average Bonchev–Trinajstić information content (AvgIpc) is 2.29. The van der Waals surface area contributed by atoms with Gasteiger partial charge in [0.1, 0.15) is 0 Å². The van der Waals surface area contributed by atoms with E-state index in [-0.39, 0.29) is 11.0 Å². The summed E-state index contributed by atoms with van der Waals surface area (Å²) < 4.78 is 1.55. The molecule has 1 rings (SSSR count). The molecule has 0 saturated heterocycles. The van der Waals surface area contributed by atoms with Crippen molar-refractivity contribution in [3.05, 3.63) is 28.2 Å². The first kappa shape index (κ1) is 13.3. The Morgan fingerprint density at radius 3 is 2.50 bits per heavy atom. The number of thiol groups is 1. The quantitative estimate of drug-likeness (QED) is 0.801. The summed E-state index contributed by atoms with van der Waals surface area (Å²) in [6, 6.07) is 1.63. The molecule has 0 atom stereocenters. The minimum Gasteiger partial charge on any atom is -0.268 e. The summed E-state index contributed by atoms with van der Waals surface area (Å²) in [7, 11) is 0. The van der Waals surface area contributed by atoms with E-state index in [1.54, 1.807) is 16.9 Å². The standard InChI is InChI=1S/C12H20N2OS/c1-4-12(5-2,9-16)8-14-11(15)6-10(3)7-13-14/h6-7,16H,4-5,8-9H2,1-3H3. The van der Waals surface area contributed by atoms with Crippen molar-refractivity contribution >= 4 is 12.6 Å². The highest BCUT2D eigenvalue weighted by Crippen LogP contribution is 2.29. The van der Waals surface area contributed by atoms with E-state index in [2.05, 4.69) is 31.6 Å². The van der Waals surface area contributed by atoms with E-state index in [0.29, 0.717) is 6.54 Å². The smallest absolute Gasteiger partial charge is 0.267 e. The van der Waals surface area contributed by atoms with Crippen molar-refractivity contribution in [1.29, 1.82) is 0 Å². The van der Waals surface area contributed by atoms with Gasteiger partial charge in [-0.2, -0.15) is 17.7 Å². The second-order valence-electron chi connectivity index (χ2n) is 4.39. The summed E-state index contributed by atoms with van der Waals surface area (Å²) in [6.07, 6.45) is 3.75. The number of aromatic nitrogens is 2. The molecule has 0 aliphatic rings. The molecule has 0 aliphatic carbocycles. The maximum atomic E-state index is 11.7. The van der Waals surface area contributed by atoms with Crippen LogP contribution in [0.15, 0.2) is 17.1 Å². The number of hydrogen-bond acceptors (Lipinski definition) is 3. The van der Waals surface area contributed by atoms with Crippen LogP contribution in [0.1, 0.15) is 32.3 Å². The highest BCUT2D eigenvalue weighted by molar-refractivity contribution is 7.80. The Morgan fingerprint density at radius 1 is 1.44 bits per heavy atom. The van der Waals surface area contributed by atoms with Crippen molar-refractivity contribution in [3.8, 4) is 0 Å². The monoisotopic (exact) mass is 240 g/mol. The van der Waals surface area contributed by atoms with Crippen molar-refractivity contribution in [1.82, 2.24) is 9.78 Å². The highest BCUT2D eigenvalue weighted by atomic mass is 32.1. The number of rotatable bonds is 5. The van der Waals surface area contributed by atoms with Gasteiger partial charge in [-0.3, -0.25) is 4.79 Å². The van der Waals surface area contributed by atoms with E-state index in [0.717, 1.165) is 24.2 Å². The lowest BCUT2D eigenvalue weighted by atomic mass is 9.84. The molecule has 0 radical (unpaired) electrons. The van der Waals surface area contributed by atoms with Crippen molar-refractivity contribution in [2.24, 2.45) is 5.41 Å². The molecule has 1 heterocycles. The molecule has 0 bridgehead atoms. The maximum absolute atomic E-state index is 11.7. The van der Waals surface area contributed by atoms with E-state index < -0.39 is 0 Å². The Balaban J connectivity index is 2.98. The zero-order valence-corrected chi connectivity index (χ0v) is 11.1. The molecule has 1 aromatic heterocycles. The SMILES string of the molecule is CCC(CC)(CS)Cn1ncc(C)cc1=O. The summed E-state index contributed by atoms with van der Waals surface area (Å²) in [5.41, 5.74) is 0.966. The summed E-state index contributed by atoms with van der Waals surface area (Å²) in [5, 5.41) is 4.18. The fourth-order valence-corrected chi connectivity index (χ4v) is 2.26. The maximum Gasteiger partial charge on any atom is 0.267 e. The third kappa shape index (κ3) is 2.88. The van der Waals surface area contributed by atoms with Gasteiger partial charge >= 0.3 is 0 Å². The van der Waals surface area contributed by atoms with E-state index in [1.807, 2.05) is 6.92 Å². The lowest BCUT2D eigenvalue weighted by molar-refractivity contribution is 0.241. The first-order chi connectivity index (χ1) is 7.56. The molecular weight excluding hydrogens is 220 g/mol. The molecule has 0 aromatic carbocycles. The molecule has 90 valence electrons. The number of hydrogen-bond donors (Lipinski definition) is 1. The van der Waals surface area contributed by atoms with Crippen LogP contribution in [-0.4, -0.2) is 15.5 Å². The highest BCUT2D eigenvalue weighted by Gasteiger charge is 2.25. The van der Waals surface area contributed by atoms with Gasteiger partial charge in [-0.05, 0) is 36.5 Å². The van der Waals surface area contributed by atoms with Crippen LogP contribution in [0, 0.1) is 12.3 Å². The lowest BCUT2D eigenvalue weighted by Crippen LogP contribution is -2.34. The van der Waals surface area contributed by atoms with Gasteiger partial charge in [0, 0.05) is 6.07 Å². The minimum absolute atomic E-state index is 0.0203. The van der Waals surface area contributed by atoms with Crippen LogP contribution in [0.3, 0.4) is 0 Å². The molecule has 0 fully saturated rings. The number of aryl methyl sites for hydroxylation is 1. The summed E-state index contributed by atoms with van der Waals surface area (Å²) in [6.45, 7) is 6.81. The Kier molecular flexibility index (Phi) is 4.59. The second kappa shape index (κ2) is 5.53. The minimum atomic E-state index is -0.0203. The first-order valence-corrected chi connectivity index (χ1v) is 6.35. The van der Waals surface area contributed by atoms with Gasteiger partial charge in [0.15, 0.2) is 0 Å². The first-order valence-electron chi connectivity index (χ1n) is 5.71. The zero-order chi connectivity index (χ0) is 12.2.